The fourth-order valence-corrected chi connectivity index (χ4v) is 2.33. The lowest BCUT2D eigenvalue weighted by Crippen LogP contribution is -2.11. The lowest BCUT2D eigenvalue weighted by Gasteiger charge is -2.06. The van der Waals surface area contributed by atoms with Crippen molar-refractivity contribution in [3.05, 3.63) is 48.2 Å². The Labute approximate surface area is 138 Å². The number of imidazole rings is 1. The standard InChI is InChI=1S/C15H9F3N6O/c1-8-21-13(25-23-8)10-4-2-3-9(5-10)11-6-19-14-22-12(15(16,17)18)7-20-24(11)14/h2-7H,1H3. The largest absolute Gasteiger partial charge is 0.435 e. The first kappa shape index (κ1) is 15.2. The highest BCUT2D eigenvalue weighted by Gasteiger charge is 2.33. The third-order valence-corrected chi connectivity index (χ3v) is 3.46. The summed E-state index contributed by atoms with van der Waals surface area (Å²) in [5.74, 6) is 0.711. The predicted octanol–water partition coefficient (Wildman–Crippen LogP) is 3.17. The summed E-state index contributed by atoms with van der Waals surface area (Å²) in [6.07, 6.45) is -2.49. The molecule has 0 radical (unpaired) electrons. The number of fused-ring (bicyclic) bond motifs is 1. The van der Waals surface area contributed by atoms with Crippen LogP contribution in [-0.2, 0) is 6.18 Å². The van der Waals surface area contributed by atoms with Crippen LogP contribution < -0.4 is 0 Å². The minimum Gasteiger partial charge on any atom is -0.334 e. The van der Waals surface area contributed by atoms with Crippen molar-refractivity contribution in [2.24, 2.45) is 0 Å². The maximum Gasteiger partial charge on any atom is 0.435 e. The predicted molar refractivity (Wildman–Crippen MR) is 79.2 cm³/mol. The van der Waals surface area contributed by atoms with Gasteiger partial charge >= 0.3 is 6.18 Å². The van der Waals surface area contributed by atoms with Crippen LogP contribution in [0, 0.1) is 6.92 Å². The highest BCUT2D eigenvalue weighted by atomic mass is 19.4. The molecule has 0 N–H and O–H groups in total. The second-order valence-corrected chi connectivity index (χ2v) is 5.22. The van der Waals surface area contributed by atoms with E-state index in [1.165, 1.54) is 10.7 Å². The molecular weight excluding hydrogens is 337 g/mol. The minimum atomic E-state index is -4.57. The van der Waals surface area contributed by atoms with Gasteiger partial charge in [0.25, 0.3) is 11.7 Å². The Hall–Kier alpha value is -3.30. The number of hydrogen-bond donors (Lipinski definition) is 0. The molecule has 0 aliphatic carbocycles. The van der Waals surface area contributed by atoms with Crippen molar-refractivity contribution >= 4 is 5.78 Å². The Kier molecular flexibility index (Phi) is 3.27. The molecule has 0 fully saturated rings. The Morgan fingerprint density at radius 2 is 1.88 bits per heavy atom. The molecule has 0 amide bonds. The van der Waals surface area contributed by atoms with E-state index in [2.05, 4.69) is 25.2 Å². The van der Waals surface area contributed by atoms with E-state index in [-0.39, 0.29) is 5.78 Å². The van der Waals surface area contributed by atoms with E-state index in [1.807, 2.05) is 0 Å². The minimum absolute atomic E-state index is 0.135. The first-order chi connectivity index (χ1) is 11.9. The van der Waals surface area contributed by atoms with Gasteiger partial charge in [0, 0.05) is 11.1 Å². The molecule has 0 aliphatic heterocycles. The lowest BCUT2D eigenvalue weighted by molar-refractivity contribution is -0.141. The highest BCUT2D eigenvalue weighted by molar-refractivity contribution is 5.68. The van der Waals surface area contributed by atoms with Crippen molar-refractivity contribution in [1.29, 1.82) is 0 Å². The van der Waals surface area contributed by atoms with Gasteiger partial charge in [-0.05, 0) is 19.1 Å². The summed E-state index contributed by atoms with van der Waals surface area (Å²) in [6.45, 7) is 1.70. The summed E-state index contributed by atoms with van der Waals surface area (Å²) in [5.41, 5.74) is 0.754. The van der Waals surface area contributed by atoms with Crippen LogP contribution in [0.5, 0.6) is 0 Å². The van der Waals surface area contributed by atoms with Crippen LogP contribution in [0.3, 0.4) is 0 Å². The number of rotatable bonds is 2. The molecule has 3 heterocycles. The molecule has 4 aromatic rings. The number of aromatic nitrogens is 6. The van der Waals surface area contributed by atoms with E-state index < -0.39 is 11.9 Å². The first-order valence-corrected chi connectivity index (χ1v) is 7.11. The van der Waals surface area contributed by atoms with Gasteiger partial charge in [0.05, 0.1) is 18.1 Å². The maximum atomic E-state index is 12.7. The van der Waals surface area contributed by atoms with Gasteiger partial charge in [-0.3, -0.25) is 0 Å². The van der Waals surface area contributed by atoms with Crippen molar-refractivity contribution in [2.45, 2.75) is 13.1 Å². The highest BCUT2D eigenvalue weighted by Crippen LogP contribution is 2.29. The third-order valence-electron chi connectivity index (χ3n) is 3.46. The van der Waals surface area contributed by atoms with Crippen LogP contribution in [0.15, 0.2) is 41.2 Å². The smallest absolute Gasteiger partial charge is 0.334 e. The van der Waals surface area contributed by atoms with Crippen molar-refractivity contribution < 1.29 is 17.7 Å². The zero-order valence-electron chi connectivity index (χ0n) is 12.7. The molecule has 0 saturated heterocycles. The van der Waals surface area contributed by atoms with Crippen LogP contribution in [0.4, 0.5) is 13.2 Å². The molecule has 0 saturated carbocycles. The quantitative estimate of drug-likeness (QED) is 0.554. The molecule has 0 spiro atoms. The molecule has 0 aliphatic rings. The molecule has 10 heteroatoms. The summed E-state index contributed by atoms with van der Waals surface area (Å²) in [7, 11) is 0. The summed E-state index contributed by atoms with van der Waals surface area (Å²) in [5, 5.41) is 7.55. The summed E-state index contributed by atoms with van der Waals surface area (Å²) in [4.78, 5) is 11.6. The topological polar surface area (TPSA) is 82.0 Å². The van der Waals surface area contributed by atoms with E-state index in [4.69, 9.17) is 4.52 Å². The first-order valence-electron chi connectivity index (χ1n) is 7.11. The van der Waals surface area contributed by atoms with Gasteiger partial charge in [-0.1, -0.05) is 17.3 Å². The summed E-state index contributed by atoms with van der Waals surface area (Å²) < 4.78 is 44.5. The maximum absolute atomic E-state index is 12.7. The number of alkyl halides is 3. The molecule has 0 unspecified atom stereocenters. The van der Waals surface area contributed by atoms with E-state index in [1.54, 1.807) is 31.2 Å². The molecule has 0 bridgehead atoms. The van der Waals surface area contributed by atoms with Crippen molar-refractivity contribution in [1.82, 2.24) is 29.7 Å². The third kappa shape index (κ3) is 2.71. The molecule has 0 atom stereocenters. The van der Waals surface area contributed by atoms with Crippen molar-refractivity contribution in [3.8, 4) is 22.7 Å². The zero-order chi connectivity index (χ0) is 17.6. The van der Waals surface area contributed by atoms with E-state index in [0.29, 0.717) is 34.7 Å². The summed E-state index contributed by atoms with van der Waals surface area (Å²) >= 11 is 0. The molecule has 7 nitrogen and oxygen atoms in total. The number of hydrogen-bond acceptors (Lipinski definition) is 6. The van der Waals surface area contributed by atoms with Gasteiger partial charge in [0.15, 0.2) is 11.5 Å². The van der Waals surface area contributed by atoms with E-state index in [0.717, 1.165) is 0 Å². The second-order valence-electron chi connectivity index (χ2n) is 5.22. The normalized spacial score (nSPS) is 12.0. The molecule has 3 aromatic heterocycles. The number of nitrogens with zero attached hydrogens (tertiary/aromatic N) is 6. The van der Waals surface area contributed by atoms with E-state index >= 15 is 0 Å². The average Bonchev–Trinajstić information content (AvgIpc) is 3.20. The van der Waals surface area contributed by atoms with Gasteiger partial charge in [0.2, 0.25) is 0 Å². The molecule has 126 valence electrons. The fourth-order valence-electron chi connectivity index (χ4n) is 2.33. The Morgan fingerprint density at radius 3 is 2.60 bits per heavy atom. The van der Waals surface area contributed by atoms with Crippen LogP contribution in [0.25, 0.3) is 28.5 Å². The monoisotopic (exact) mass is 346 g/mol. The van der Waals surface area contributed by atoms with Gasteiger partial charge in [-0.15, -0.1) is 0 Å². The summed E-state index contributed by atoms with van der Waals surface area (Å²) in [6, 6.07) is 7.08. The number of aryl methyl sites for hydroxylation is 1. The van der Waals surface area contributed by atoms with Gasteiger partial charge < -0.3 is 4.52 Å². The molecular formula is C15H9F3N6O. The Morgan fingerprint density at radius 1 is 1.08 bits per heavy atom. The average molecular weight is 346 g/mol. The number of halogens is 3. The van der Waals surface area contributed by atoms with Crippen LogP contribution >= 0.6 is 0 Å². The second kappa shape index (κ2) is 5.36. The van der Waals surface area contributed by atoms with E-state index in [9.17, 15) is 13.2 Å². The van der Waals surface area contributed by atoms with Crippen LogP contribution in [0.1, 0.15) is 11.5 Å². The van der Waals surface area contributed by atoms with Crippen LogP contribution in [0.2, 0.25) is 0 Å². The molecule has 4 rings (SSSR count). The van der Waals surface area contributed by atoms with Crippen molar-refractivity contribution in [3.63, 3.8) is 0 Å². The Bertz CT molecular complexity index is 1070. The Balaban J connectivity index is 1.80. The molecule has 25 heavy (non-hydrogen) atoms. The van der Waals surface area contributed by atoms with Crippen LogP contribution in [-0.4, -0.2) is 29.7 Å². The van der Waals surface area contributed by atoms with Crippen molar-refractivity contribution in [2.75, 3.05) is 0 Å². The van der Waals surface area contributed by atoms with Gasteiger partial charge in [-0.25, -0.2) is 9.97 Å². The molecule has 1 aromatic carbocycles. The lowest BCUT2D eigenvalue weighted by atomic mass is 10.1. The van der Waals surface area contributed by atoms with Gasteiger partial charge in [-0.2, -0.15) is 27.8 Å². The SMILES string of the molecule is Cc1noc(-c2cccc(-c3cnc4nc(C(F)(F)F)cnn34)c2)n1. The fraction of sp³-hybridized carbons (Fsp3) is 0.133. The zero-order valence-corrected chi connectivity index (χ0v) is 12.7. The van der Waals surface area contributed by atoms with Gasteiger partial charge in [0.1, 0.15) is 0 Å². The number of benzene rings is 1.